The molecule has 0 radical (unpaired) electrons. The Morgan fingerprint density at radius 1 is 1.44 bits per heavy atom. The van der Waals surface area contributed by atoms with Gasteiger partial charge in [0, 0.05) is 12.4 Å². The number of hydrogen-bond donors (Lipinski definition) is 1. The Labute approximate surface area is 162 Å². The van der Waals surface area contributed by atoms with E-state index in [0.29, 0.717) is 15.9 Å². The molecule has 0 aromatic carbocycles. The van der Waals surface area contributed by atoms with Crippen LogP contribution in [0.4, 0.5) is 21.9 Å². The van der Waals surface area contributed by atoms with Crippen molar-refractivity contribution in [2.75, 3.05) is 16.8 Å². The van der Waals surface area contributed by atoms with Crippen LogP contribution < -0.4 is 10.2 Å². The number of pyridine rings is 2. The minimum Gasteiger partial charge on any atom is -0.462 e. The van der Waals surface area contributed by atoms with Crippen molar-refractivity contribution in [2.24, 2.45) is 0 Å². The summed E-state index contributed by atoms with van der Waals surface area (Å²) >= 11 is 7.25. The highest BCUT2D eigenvalue weighted by molar-refractivity contribution is 7.21. The number of nitrogens with zero attached hydrogens (tertiary/aromatic N) is 4. The van der Waals surface area contributed by atoms with Crippen molar-refractivity contribution in [3.05, 3.63) is 40.1 Å². The van der Waals surface area contributed by atoms with Gasteiger partial charge in [0.15, 0.2) is 5.15 Å². The van der Waals surface area contributed by atoms with E-state index in [2.05, 4.69) is 15.3 Å². The number of ether oxygens (including phenoxy) is 1. The molecule has 0 atom stereocenters. The number of aromatic nitrogens is 2. The van der Waals surface area contributed by atoms with E-state index in [0.717, 1.165) is 11.3 Å². The molecule has 0 unspecified atom stereocenters. The van der Waals surface area contributed by atoms with E-state index in [4.69, 9.17) is 16.3 Å². The van der Waals surface area contributed by atoms with Crippen molar-refractivity contribution in [2.45, 2.75) is 6.92 Å². The van der Waals surface area contributed by atoms with E-state index in [1.54, 1.807) is 19.1 Å². The Balaban J connectivity index is 2.08. The number of nitrogens with one attached hydrogen (secondary N) is 1. The lowest BCUT2D eigenvalue weighted by atomic mass is 10.1. The molecule has 4 rings (SSSR count). The largest absolute Gasteiger partial charge is 0.462 e. The van der Waals surface area contributed by atoms with Crippen LogP contribution in [0.15, 0.2) is 24.5 Å². The molecule has 0 spiro atoms. The number of carbonyl (C=O) groups is 2. The van der Waals surface area contributed by atoms with Crippen molar-refractivity contribution in [1.29, 1.82) is 5.26 Å². The third kappa shape index (κ3) is 2.58. The van der Waals surface area contributed by atoms with Crippen LogP contribution in [-0.2, 0) is 4.74 Å². The first-order valence-electron chi connectivity index (χ1n) is 7.81. The van der Waals surface area contributed by atoms with Crippen LogP contribution in [0, 0.1) is 11.3 Å². The number of thiophene rings is 1. The van der Waals surface area contributed by atoms with Gasteiger partial charge < -0.3 is 10.1 Å². The first-order chi connectivity index (χ1) is 13.1. The summed E-state index contributed by atoms with van der Waals surface area (Å²) in [7, 11) is 0. The first-order valence-corrected chi connectivity index (χ1v) is 9.00. The van der Waals surface area contributed by atoms with E-state index < -0.39 is 12.0 Å². The second-order valence-corrected chi connectivity index (χ2v) is 6.77. The van der Waals surface area contributed by atoms with Gasteiger partial charge in [-0.25, -0.2) is 14.6 Å². The lowest BCUT2D eigenvalue weighted by molar-refractivity contribution is 0.0533. The van der Waals surface area contributed by atoms with E-state index in [1.165, 1.54) is 17.3 Å². The van der Waals surface area contributed by atoms with Gasteiger partial charge in [-0.1, -0.05) is 11.6 Å². The molecule has 0 bridgehead atoms. The molecule has 0 aliphatic carbocycles. The molecular formula is C17H10ClN5O3S. The smallest absolute Gasteiger partial charge is 0.350 e. The summed E-state index contributed by atoms with van der Waals surface area (Å²) in [4.78, 5) is 35.3. The fourth-order valence-corrected chi connectivity index (χ4v) is 4.17. The van der Waals surface area contributed by atoms with Crippen molar-refractivity contribution in [3.8, 4) is 6.07 Å². The average molecular weight is 400 g/mol. The van der Waals surface area contributed by atoms with E-state index in [-0.39, 0.29) is 33.6 Å². The summed E-state index contributed by atoms with van der Waals surface area (Å²) in [5.41, 5.74) is 1.10. The number of amides is 2. The van der Waals surface area contributed by atoms with E-state index in [1.807, 2.05) is 6.07 Å². The fourth-order valence-electron chi connectivity index (χ4n) is 2.87. The van der Waals surface area contributed by atoms with Gasteiger partial charge in [-0.05, 0) is 19.1 Å². The minimum atomic E-state index is -0.575. The molecule has 2 amide bonds. The van der Waals surface area contributed by atoms with Gasteiger partial charge in [0.25, 0.3) is 0 Å². The van der Waals surface area contributed by atoms with Crippen LogP contribution in [-0.4, -0.2) is 28.6 Å². The minimum absolute atomic E-state index is 0.0445. The van der Waals surface area contributed by atoms with Crippen LogP contribution in [0.2, 0.25) is 5.15 Å². The summed E-state index contributed by atoms with van der Waals surface area (Å²) in [6.07, 6.45) is 3.06. The lowest BCUT2D eigenvalue weighted by Gasteiger charge is -2.29. The molecule has 1 aliphatic heterocycles. The van der Waals surface area contributed by atoms with E-state index >= 15 is 0 Å². The monoisotopic (exact) mass is 399 g/mol. The number of halogens is 1. The van der Waals surface area contributed by atoms with Gasteiger partial charge in [-0.2, -0.15) is 5.26 Å². The molecular weight excluding hydrogens is 390 g/mol. The molecule has 134 valence electrons. The molecule has 1 N–H and O–H groups in total. The standard InChI is InChI=1S/C17H10ClN5O3S/c1-2-26-16(24)13-11-10-12(9(7-19)14(18)22-15(10)27-13)23(17(25)21-11)8-3-5-20-6-4-8/h3-6H,2H2,1H3,(H,21,25). The number of nitriles is 1. The van der Waals surface area contributed by atoms with Gasteiger partial charge in [-0.15, -0.1) is 11.3 Å². The highest BCUT2D eigenvalue weighted by Gasteiger charge is 2.36. The second kappa shape index (κ2) is 6.50. The zero-order valence-electron chi connectivity index (χ0n) is 13.8. The lowest BCUT2D eigenvalue weighted by Crippen LogP contribution is -2.35. The molecule has 0 saturated carbocycles. The highest BCUT2D eigenvalue weighted by Crippen LogP contribution is 2.48. The van der Waals surface area contributed by atoms with Gasteiger partial charge >= 0.3 is 12.0 Å². The molecule has 0 fully saturated rings. The van der Waals surface area contributed by atoms with Crippen LogP contribution in [0.3, 0.4) is 0 Å². The third-order valence-electron chi connectivity index (χ3n) is 3.92. The van der Waals surface area contributed by atoms with Crippen LogP contribution >= 0.6 is 22.9 Å². The number of urea groups is 1. The number of anilines is 3. The summed E-state index contributed by atoms with van der Waals surface area (Å²) in [6.45, 7) is 1.88. The molecule has 4 heterocycles. The van der Waals surface area contributed by atoms with Crippen molar-refractivity contribution in [3.63, 3.8) is 0 Å². The molecule has 1 aliphatic rings. The van der Waals surface area contributed by atoms with Gasteiger partial charge in [0.2, 0.25) is 0 Å². The van der Waals surface area contributed by atoms with Gasteiger partial charge in [-0.3, -0.25) is 9.88 Å². The second-order valence-electron chi connectivity index (χ2n) is 5.42. The van der Waals surface area contributed by atoms with Gasteiger partial charge in [0.05, 0.1) is 29.1 Å². The number of esters is 1. The maximum atomic E-state index is 12.9. The summed E-state index contributed by atoms with van der Waals surface area (Å²) in [5.74, 6) is -0.575. The molecule has 3 aromatic rings. The normalized spacial score (nSPS) is 12.6. The molecule has 27 heavy (non-hydrogen) atoms. The zero-order valence-corrected chi connectivity index (χ0v) is 15.4. The quantitative estimate of drug-likeness (QED) is 0.525. The Morgan fingerprint density at radius 2 is 2.19 bits per heavy atom. The first kappa shape index (κ1) is 17.2. The van der Waals surface area contributed by atoms with Gasteiger partial charge in [0.1, 0.15) is 21.3 Å². The predicted molar refractivity (Wildman–Crippen MR) is 101 cm³/mol. The summed E-state index contributed by atoms with van der Waals surface area (Å²) in [6, 6.07) is 4.74. The zero-order chi connectivity index (χ0) is 19.1. The number of hydrogen-bond acceptors (Lipinski definition) is 7. The Hall–Kier alpha value is -3.22. The Morgan fingerprint density at radius 3 is 2.85 bits per heavy atom. The average Bonchev–Trinajstić information content (AvgIpc) is 3.01. The predicted octanol–water partition coefficient (Wildman–Crippen LogP) is 4.08. The molecule has 0 saturated heterocycles. The third-order valence-corrected chi connectivity index (χ3v) is 5.26. The summed E-state index contributed by atoms with van der Waals surface area (Å²) in [5, 5.41) is 12.8. The van der Waals surface area contributed by atoms with Crippen LogP contribution in [0.25, 0.3) is 10.2 Å². The van der Waals surface area contributed by atoms with E-state index in [9.17, 15) is 14.9 Å². The maximum Gasteiger partial charge on any atom is 0.350 e. The Bertz CT molecular complexity index is 1140. The SMILES string of the molecule is CCOC(=O)c1sc2nc(Cl)c(C#N)c3c2c1NC(=O)N3c1ccncc1. The van der Waals surface area contributed by atoms with Crippen molar-refractivity contribution < 1.29 is 14.3 Å². The van der Waals surface area contributed by atoms with Crippen molar-refractivity contribution in [1.82, 2.24) is 9.97 Å². The summed E-state index contributed by atoms with van der Waals surface area (Å²) < 4.78 is 5.07. The Kier molecular flexibility index (Phi) is 4.14. The van der Waals surface area contributed by atoms with Crippen molar-refractivity contribution >= 4 is 62.2 Å². The molecule has 10 heteroatoms. The van der Waals surface area contributed by atoms with Crippen LogP contribution in [0.5, 0.6) is 0 Å². The highest BCUT2D eigenvalue weighted by atomic mass is 35.5. The number of carbonyl (C=O) groups excluding carboxylic acids is 2. The molecule has 8 nitrogen and oxygen atoms in total. The maximum absolute atomic E-state index is 12.9. The topological polar surface area (TPSA) is 108 Å². The number of rotatable bonds is 3. The molecule has 3 aromatic heterocycles. The van der Waals surface area contributed by atoms with Crippen LogP contribution in [0.1, 0.15) is 22.2 Å². The fraction of sp³-hybridized carbons (Fsp3) is 0.118.